The van der Waals surface area contributed by atoms with Crippen LogP contribution in [0.2, 0.25) is 0 Å². The molecular formula is C13H18N2O2S. The molecule has 1 fully saturated rings. The molecule has 1 saturated heterocycles. The van der Waals surface area contributed by atoms with Crippen molar-refractivity contribution in [1.29, 1.82) is 0 Å². The third kappa shape index (κ3) is 2.56. The van der Waals surface area contributed by atoms with Gasteiger partial charge in [0.2, 0.25) is 0 Å². The molecule has 0 spiro atoms. The van der Waals surface area contributed by atoms with Crippen molar-refractivity contribution in [3.05, 3.63) is 28.8 Å². The lowest BCUT2D eigenvalue weighted by Gasteiger charge is -2.27. The molecule has 0 bridgehead atoms. The second-order valence-electron chi connectivity index (χ2n) is 4.66. The molecule has 1 aliphatic rings. The Morgan fingerprint density at radius 1 is 1.22 bits per heavy atom. The average molecular weight is 266 g/mol. The molecule has 0 unspecified atom stereocenters. The van der Waals surface area contributed by atoms with Gasteiger partial charge < -0.3 is 10.6 Å². The fraction of sp³-hybridized carbons (Fsp3) is 0.462. The number of nitrogens with zero attached hydrogens (tertiary/aromatic N) is 1. The van der Waals surface area contributed by atoms with Crippen LogP contribution >= 0.6 is 0 Å². The summed E-state index contributed by atoms with van der Waals surface area (Å²) in [4.78, 5) is 14.1. The van der Waals surface area contributed by atoms with Gasteiger partial charge >= 0.3 is 0 Å². The molecule has 0 saturated carbocycles. The molecule has 0 aromatic heterocycles. The summed E-state index contributed by atoms with van der Waals surface area (Å²) in [7, 11) is -0.766. The second-order valence-corrected chi connectivity index (χ2v) is 6.36. The first-order valence-corrected chi connectivity index (χ1v) is 7.49. The first kappa shape index (κ1) is 13.1. The second kappa shape index (κ2) is 5.10. The Morgan fingerprint density at radius 3 is 2.44 bits per heavy atom. The van der Waals surface area contributed by atoms with Crippen molar-refractivity contribution in [3.8, 4) is 0 Å². The van der Waals surface area contributed by atoms with Gasteiger partial charge in [-0.05, 0) is 31.0 Å². The van der Waals surface area contributed by atoms with Crippen LogP contribution in [0.4, 0.5) is 5.69 Å². The molecule has 0 radical (unpaired) electrons. The highest BCUT2D eigenvalue weighted by atomic mass is 32.2. The van der Waals surface area contributed by atoms with Crippen LogP contribution in [-0.4, -0.2) is 39.6 Å². The molecule has 1 aromatic rings. The fourth-order valence-electron chi connectivity index (χ4n) is 2.11. The number of aryl methyl sites for hydroxylation is 2. The van der Waals surface area contributed by atoms with Gasteiger partial charge in [0, 0.05) is 46.6 Å². The monoisotopic (exact) mass is 266 g/mol. The van der Waals surface area contributed by atoms with Crippen LogP contribution < -0.4 is 5.73 Å². The maximum atomic E-state index is 12.4. The lowest BCUT2D eigenvalue weighted by molar-refractivity contribution is 0.0770. The predicted molar refractivity (Wildman–Crippen MR) is 74.1 cm³/mol. The molecule has 0 aliphatic carbocycles. The zero-order chi connectivity index (χ0) is 13.3. The molecule has 18 heavy (non-hydrogen) atoms. The summed E-state index contributed by atoms with van der Waals surface area (Å²) in [5.41, 5.74) is 9.09. The normalized spacial score (nSPS) is 16.9. The Balaban J connectivity index is 2.23. The predicted octanol–water partition coefficient (Wildman–Crippen LogP) is 1.09. The van der Waals surface area contributed by atoms with E-state index in [2.05, 4.69) is 0 Å². The van der Waals surface area contributed by atoms with E-state index >= 15 is 0 Å². The summed E-state index contributed by atoms with van der Waals surface area (Å²) in [6.07, 6.45) is 0. The Labute approximate surface area is 110 Å². The van der Waals surface area contributed by atoms with E-state index in [4.69, 9.17) is 5.73 Å². The van der Waals surface area contributed by atoms with Crippen molar-refractivity contribution in [1.82, 2.24) is 4.90 Å². The summed E-state index contributed by atoms with van der Waals surface area (Å²) in [5, 5.41) is 0. The van der Waals surface area contributed by atoms with Crippen molar-refractivity contribution >= 4 is 22.4 Å². The maximum Gasteiger partial charge on any atom is 0.254 e. The molecule has 0 atom stereocenters. The quantitative estimate of drug-likeness (QED) is 0.774. The third-order valence-electron chi connectivity index (χ3n) is 3.31. The van der Waals surface area contributed by atoms with Crippen LogP contribution in [0.3, 0.4) is 0 Å². The van der Waals surface area contributed by atoms with Crippen LogP contribution in [0.25, 0.3) is 0 Å². The van der Waals surface area contributed by atoms with E-state index in [9.17, 15) is 9.00 Å². The van der Waals surface area contributed by atoms with E-state index in [0.717, 1.165) is 11.1 Å². The van der Waals surface area contributed by atoms with E-state index in [1.165, 1.54) is 0 Å². The Hall–Kier alpha value is -1.36. The number of benzene rings is 1. The van der Waals surface area contributed by atoms with Gasteiger partial charge in [0.25, 0.3) is 5.91 Å². The van der Waals surface area contributed by atoms with Crippen molar-refractivity contribution < 1.29 is 9.00 Å². The van der Waals surface area contributed by atoms with Crippen LogP contribution in [0.5, 0.6) is 0 Å². The summed E-state index contributed by atoms with van der Waals surface area (Å²) in [5.74, 6) is 1.15. The molecular weight excluding hydrogens is 248 g/mol. The van der Waals surface area contributed by atoms with Gasteiger partial charge in [-0.25, -0.2) is 0 Å². The summed E-state index contributed by atoms with van der Waals surface area (Å²) in [6.45, 7) is 4.99. The van der Waals surface area contributed by atoms with Crippen molar-refractivity contribution in [3.63, 3.8) is 0 Å². The van der Waals surface area contributed by atoms with Gasteiger partial charge in [0.15, 0.2) is 0 Å². The van der Waals surface area contributed by atoms with Crippen LogP contribution in [0, 0.1) is 13.8 Å². The number of carbonyl (C=O) groups is 1. The topological polar surface area (TPSA) is 63.4 Å². The highest BCUT2D eigenvalue weighted by Gasteiger charge is 2.22. The number of hydrogen-bond donors (Lipinski definition) is 1. The van der Waals surface area contributed by atoms with Crippen molar-refractivity contribution in [2.45, 2.75) is 13.8 Å². The van der Waals surface area contributed by atoms with Crippen LogP contribution in [-0.2, 0) is 10.8 Å². The first-order valence-electron chi connectivity index (χ1n) is 6.00. The number of rotatable bonds is 1. The molecule has 1 amide bonds. The molecule has 2 N–H and O–H groups in total. The highest BCUT2D eigenvalue weighted by Crippen LogP contribution is 2.20. The van der Waals surface area contributed by atoms with Gasteiger partial charge in [0.05, 0.1) is 0 Å². The fourth-order valence-corrected chi connectivity index (χ4v) is 3.16. The third-order valence-corrected chi connectivity index (χ3v) is 4.58. The smallest absolute Gasteiger partial charge is 0.254 e. The summed E-state index contributed by atoms with van der Waals surface area (Å²) >= 11 is 0. The van der Waals surface area contributed by atoms with Crippen molar-refractivity contribution in [2.24, 2.45) is 0 Å². The number of carbonyl (C=O) groups excluding carboxylic acids is 1. The van der Waals surface area contributed by atoms with E-state index in [1.54, 1.807) is 11.0 Å². The Morgan fingerprint density at radius 2 is 1.83 bits per heavy atom. The minimum atomic E-state index is -0.766. The molecule has 1 aliphatic heterocycles. The number of nitrogen functional groups attached to an aromatic ring is 1. The van der Waals surface area contributed by atoms with E-state index < -0.39 is 10.8 Å². The lowest BCUT2D eigenvalue weighted by atomic mass is 10.0. The zero-order valence-electron chi connectivity index (χ0n) is 10.7. The number of nitrogens with two attached hydrogens (primary N) is 1. The number of hydrogen-bond acceptors (Lipinski definition) is 3. The van der Waals surface area contributed by atoms with E-state index in [-0.39, 0.29) is 5.91 Å². The zero-order valence-corrected chi connectivity index (χ0v) is 11.5. The lowest BCUT2D eigenvalue weighted by Crippen LogP contribution is -2.42. The van der Waals surface area contributed by atoms with Gasteiger partial charge in [-0.3, -0.25) is 9.00 Å². The summed E-state index contributed by atoms with van der Waals surface area (Å²) in [6, 6.07) is 3.68. The Bertz CT molecular complexity index is 504. The number of amides is 1. The minimum Gasteiger partial charge on any atom is -0.398 e. The highest BCUT2D eigenvalue weighted by molar-refractivity contribution is 7.85. The van der Waals surface area contributed by atoms with Gasteiger partial charge in [0.1, 0.15) is 0 Å². The van der Waals surface area contributed by atoms with Gasteiger partial charge in [-0.15, -0.1) is 0 Å². The van der Waals surface area contributed by atoms with Crippen LogP contribution in [0.15, 0.2) is 12.1 Å². The van der Waals surface area contributed by atoms with Gasteiger partial charge in [-0.1, -0.05) is 6.07 Å². The summed E-state index contributed by atoms with van der Waals surface area (Å²) < 4.78 is 11.3. The number of anilines is 1. The van der Waals surface area contributed by atoms with Crippen molar-refractivity contribution in [2.75, 3.05) is 30.3 Å². The molecule has 4 nitrogen and oxygen atoms in total. The maximum absolute atomic E-state index is 12.4. The molecule has 98 valence electrons. The minimum absolute atomic E-state index is 0.00380. The van der Waals surface area contributed by atoms with E-state index in [1.807, 2.05) is 19.9 Å². The molecule has 1 aromatic carbocycles. The molecule has 5 heteroatoms. The SMILES string of the molecule is Cc1cc(C)c(C(=O)N2CCS(=O)CC2)cc1N. The molecule has 1 heterocycles. The van der Waals surface area contributed by atoms with E-state index in [0.29, 0.717) is 35.8 Å². The Kier molecular flexibility index (Phi) is 3.71. The van der Waals surface area contributed by atoms with Crippen LogP contribution in [0.1, 0.15) is 21.5 Å². The largest absolute Gasteiger partial charge is 0.398 e. The molecule has 2 rings (SSSR count). The van der Waals surface area contributed by atoms with Gasteiger partial charge in [-0.2, -0.15) is 0 Å². The standard InChI is InChI=1S/C13H18N2O2S/c1-9-7-10(2)12(14)8-11(9)13(16)15-3-5-18(17)6-4-15/h7-8H,3-6,14H2,1-2H3. The first-order chi connectivity index (χ1) is 8.49. The average Bonchev–Trinajstić information content (AvgIpc) is 2.34.